The van der Waals surface area contributed by atoms with E-state index in [9.17, 15) is 4.79 Å². The Labute approximate surface area is 136 Å². The predicted molar refractivity (Wildman–Crippen MR) is 90.1 cm³/mol. The molecule has 0 aromatic heterocycles. The third-order valence-corrected chi connectivity index (χ3v) is 4.21. The fourth-order valence-electron chi connectivity index (χ4n) is 1.90. The fraction of sp³-hybridized carbons (Fsp3) is 0.533. The van der Waals surface area contributed by atoms with Gasteiger partial charge in [-0.2, -0.15) is 0 Å². The summed E-state index contributed by atoms with van der Waals surface area (Å²) in [5, 5.41) is 2.99. The number of carbonyl (C=O) groups excluding carboxylic acids is 1. The summed E-state index contributed by atoms with van der Waals surface area (Å²) >= 11 is 3.52. The monoisotopic (exact) mass is 362 g/mol. The Hall–Kier alpha value is -0.580. The summed E-state index contributed by atoms with van der Waals surface area (Å²) in [4.78, 5) is 12.0. The highest BCUT2D eigenvalue weighted by Crippen LogP contribution is 2.17. The van der Waals surface area contributed by atoms with Crippen LogP contribution in [0.4, 0.5) is 0 Å². The van der Waals surface area contributed by atoms with E-state index in [1.165, 1.54) is 5.56 Å². The molecule has 1 aromatic rings. The molecule has 3 nitrogen and oxygen atoms in total. The van der Waals surface area contributed by atoms with Gasteiger partial charge >= 0.3 is 0 Å². The SMILES string of the molecule is CCC(C)C(N)C(=O)NC(C)Cc1ccccc1Br.Cl. The first kappa shape index (κ1) is 19.4. The number of benzene rings is 1. The number of rotatable bonds is 6. The van der Waals surface area contributed by atoms with Crippen molar-refractivity contribution in [3.05, 3.63) is 34.3 Å². The van der Waals surface area contributed by atoms with Crippen LogP contribution in [0.3, 0.4) is 0 Å². The average molecular weight is 364 g/mol. The maximum absolute atomic E-state index is 12.0. The molecule has 0 aliphatic carbocycles. The molecule has 0 radical (unpaired) electrons. The molecule has 1 amide bonds. The van der Waals surface area contributed by atoms with Gasteiger partial charge in [0.1, 0.15) is 0 Å². The molecule has 20 heavy (non-hydrogen) atoms. The van der Waals surface area contributed by atoms with Gasteiger partial charge in [-0.3, -0.25) is 4.79 Å². The van der Waals surface area contributed by atoms with E-state index in [4.69, 9.17) is 5.73 Å². The van der Waals surface area contributed by atoms with Crippen molar-refractivity contribution in [3.8, 4) is 0 Å². The Bertz CT molecular complexity index is 428. The summed E-state index contributed by atoms with van der Waals surface area (Å²) in [5.41, 5.74) is 7.11. The van der Waals surface area contributed by atoms with Crippen molar-refractivity contribution in [2.75, 3.05) is 0 Å². The predicted octanol–water partition coefficient (Wildman–Crippen LogP) is 3.29. The van der Waals surface area contributed by atoms with E-state index in [0.29, 0.717) is 0 Å². The minimum absolute atomic E-state index is 0. The zero-order valence-electron chi connectivity index (χ0n) is 12.2. The summed E-state index contributed by atoms with van der Waals surface area (Å²) in [5.74, 6) is 0.143. The Morgan fingerprint density at radius 2 is 1.95 bits per heavy atom. The molecule has 0 aliphatic rings. The second-order valence-electron chi connectivity index (χ2n) is 5.12. The Morgan fingerprint density at radius 1 is 1.35 bits per heavy atom. The first-order valence-corrected chi connectivity index (χ1v) is 7.54. The Kier molecular flexibility index (Phi) is 9.10. The lowest BCUT2D eigenvalue weighted by molar-refractivity contribution is -0.124. The van der Waals surface area contributed by atoms with Gasteiger partial charge in [0.05, 0.1) is 6.04 Å². The van der Waals surface area contributed by atoms with Crippen LogP contribution in [0.25, 0.3) is 0 Å². The highest BCUT2D eigenvalue weighted by Gasteiger charge is 2.20. The number of nitrogens with one attached hydrogen (secondary N) is 1. The smallest absolute Gasteiger partial charge is 0.237 e. The summed E-state index contributed by atoms with van der Waals surface area (Å²) in [6.45, 7) is 6.05. The van der Waals surface area contributed by atoms with E-state index in [-0.39, 0.29) is 30.3 Å². The quantitative estimate of drug-likeness (QED) is 0.815. The van der Waals surface area contributed by atoms with Crippen LogP contribution in [0, 0.1) is 5.92 Å². The van der Waals surface area contributed by atoms with Crippen LogP contribution in [0.15, 0.2) is 28.7 Å². The van der Waals surface area contributed by atoms with Gasteiger partial charge in [0, 0.05) is 10.5 Å². The molecular weight excluding hydrogens is 340 g/mol. The van der Waals surface area contributed by atoms with Gasteiger partial charge in [0.2, 0.25) is 5.91 Å². The van der Waals surface area contributed by atoms with Gasteiger partial charge in [0.15, 0.2) is 0 Å². The Morgan fingerprint density at radius 3 is 2.50 bits per heavy atom. The van der Waals surface area contributed by atoms with Gasteiger partial charge < -0.3 is 11.1 Å². The largest absolute Gasteiger partial charge is 0.352 e. The molecule has 0 saturated heterocycles. The number of halogens is 2. The molecule has 0 heterocycles. The van der Waals surface area contributed by atoms with Crippen LogP contribution in [0.2, 0.25) is 0 Å². The van der Waals surface area contributed by atoms with E-state index in [1.807, 2.05) is 39.0 Å². The highest BCUT2D eigenvalue weighted by atomic mass is 79.9. The van der Waals surface area contributed by atoms with E-state index in [0.717, 1.165) is 17.3 Å². The number of nitrogens with two attached hydrogens (primary N) is 1. The lowest BCUT2D eigenvalue weighted by Gasteiger charge is -2.21. The van der Waals surface area contributed by atoms with Crippen molar-refractivity contribution < 1.29 is 4.79 Å². The van der Waals surface area contributed by atoms with Crippen molar-refractivity contribution in [1.29, 1.82) is 0 Å². The molecule has 1 aromatic carbocycles. The van der Waals surface area contributed by atoms with E-state index in [2.05, 4.69) is 27.3 Å². The number of hydrogen-bond donors (Lipinski definition) is 2. The van der Waals surface area contributed by atoms with Crippen LogP contribution in [0.5, 0.6) is 0 Å². The molecule has 114 valence electrons. The molecule has 0 aliphatic heterocycles. The maximum atomic E-state index is 12.0. The topological polar surface area (TPSA) is 55.1 Å². The van der Waals surface area contributed by atoms with Gasteiger partial charge in [-0.15, -0.1) is 12.4 Å². The van der Waals surface area contributed by atoms with Crippen molar-refractivity contribution in [2.24, 2.45) is 11.7 Å². The van der Waals surface area contributed by atoms with Crippen molar-refractivity contribution >= 4 is 34.2 Å². The van der Waals surface area contributed by atoms with Crippen LogP contribution >= 0.6 is 28.3 Å². The zero-order chi connectivity index (χ0) is 14.4. The summed E-state index contributed by atoms with van der Waals surface area (Å²) in [6.07, 6.45) is 1.70. The lowest BCUT2D eigenvalue weighted by Crippen LogP contribution is -2.48. The third-order valence-electron chi connectivity index (χ3n) is 3.43. The molecule has 0 saturated carbocycles. The molecular formula is C15H24BrClN2O. The van der Waals surface area contributed by atoms with Crippen molar-refractivity contribution in [2.45, 2.75) is 45.7 Å². The minimum atomic E-state index is -0.424. The molecule has 1 rings (SSSR count). The molecule has 0 bridgehead atoms. The molecule has 3 unspecified atom stereocenters. The standard InChI is InChI=1S/C15H23BrN2O.ClH/c1-4-10(2)14(17)15(19)18-11(3)9-12-7-5-6-8-13(12)16;/h5-8,10-11,14H,4,9,17H2,1-3H3,(H,18,19);1H. The number of hydrogen-bond acceptors (Lipinski definition) is 2. The maximum Gasteiger partial charge on any atom is 0.237 e. The minimum Gasteiger partial charge on any atom is -0.352 e. The zero-order valence-corrected chi connectivity index (χ0v) is 14.6. The number of amides is 1. The van der Waals surface area contributed by atoms with E-state index < -0.39 is 6.04 Å². The third kappa shape index (κ3) is 5.81. The van der Waals surface area contributed by atoms with Gasteiger partial charge in [-0.25, -0.2) is 0 Å². The van der Waals surface area contributed by atoms with Crippen molar-refractivity contribution in [1.82, 2.24) is 5.32 Å². The molecule has 0 spiro atoms. The molecule has 0 fully saturated rings. The van der Waals surface area contributed by atoms with E-state index in [1.54, 1.807) is 0 Å². The summed E-state index contributed by atoms with van der Waals surface area (Å²) in [7, 11) is 0. The van der Waals surface area contributed by atoms with Crippen LogP contribution in [-0.4, -0.2) is 18.0 Å². The second-order valence-corrected chi connectivity index (χ2v) is 5.97. The Balaban J connectivity index is 0.00000361. The number of carbonyl (C=O) groups is 1. The van der Waals surface area contributed by atoms with Gasteiger partial charge in [-0.1, -0.05) is 54.4 Å². The van der Waals surface area contributed by atoms with Crippen LogP contribution in [-0.2, 0) is 11.2 Å². The normalized spacial score (nSPS) is 14.8. The van der Waals surface area contributed by atoms with Crippen LogP contribution in [0.1, 0.15) is 32.8 Å². The highest BCUT2D eigenvalue weighted by molar-refractivity contribution is 9.10. The molecule has 3 atom stereocenters. The van der Waals surface area contributed by atoms with Gasteiger partial charge in [0.25, 0.3) is 0 Å². The average Bonchev–Trinajstić information content (AvgIpc) is 2.39. The van der Waals surface area contributed by atoms with Gasteiger partial charge in [-0.05, 0) is 30.9 Å². The molecule has 3 N–H and O–H groups in total. The first-order valence-electron chi connectivity index (χ1n) is 6.75. The second kappa shape index (κ2) is 9.37. The van der Waals surface area contributed by atoms with Crippen molar-refractivity contribution in [3.63, 3.8) is 0 Å². The summed E-state index contributed by atoms with van der Waals surface area (Å²) in [6, 6.07) is 7.69. The summed E-state index contributed by atoms with van der Waals surface area (Å²) < 4.78 is 1.07. The van der Waals surface area contributed by atoms with Crippen LogP contribution < -0.4 is 11.1 Å². The fourth-order valence-corrected chi connectivity index (χ4v) is 2.34. The lowest BCUT2D eigenvalue weighted by atomic mass is 9.98. The van der Waals surface area contributed by atoms with E-state index >= 15 is 0 Å². The molecule has 5 heteroatoms. The first-order chi connectivity index (χ1) is 8.95.